The average Bonchev–Trinajstić information content (AvgIpc) is 2.67. The first-order chi connectivity index (χ1) is 12.1. The van der Waals surface area contributed by atoms with Crippen molar-refractivity contribution in [2.75, 3.05) is 18.0 Å². The maximum Gasteiger partial charge on any atom is 0.163 e. The van der Waals surface area contributed by atoms with Crippen LogP contribution < -0.4 is 4.90 Å². The van der Waals surface area contributed by atoms with Gasteiger partial charge in [0.05, 0.1) is 12.5 Å². The fraction of sp³-hybridized carbons (Fsp3) is 0.435. The molecule has 0 spiro atoms. The van der Waals surface area contributed by atoms with Gasteiger partial charge in [-0.1, -0.05) is 70.2 Å². The number of carbonyl (C=O) groups is 1. The standard InChI is InChI=1S/C21H27NO.C2H6/c1-5-16(4)8-13-20-18(7-3)14-22(15-21(20)23)19-11-9-17(6-2)10-12-19;1-2/h7-13,20H,4-6,14-15H2,1-3H3;1-2H3/b13-8?,18-7-;. The zero-order valence-corrected chi connectivity index (χ0v) is 16.5. The van der Waals surface area contributed by atoms with Crippen LogP contribution in [0.3, 0.4) is 0 Å². The lowest BCUT2D eigenvalue weighted by atomic mass is 9.88. The second-order valence-electron chi connectivity index (χ2n) is 6.05. The Hall–Kier alpha value is -2.09. The van der Waals surface area contributed by atoms with Crippen molar-refractivity contribution in [3.8, 4) is 0 Å². The van der Waals surface area contributed by atoms with Crippen LogP contribution in [-0.2, 0) is 11.2 Å². The molecule has 2 nitrogen and oxygen atoms in total. The van der Waals surface area contributed by atoms with E-state index >= 15 is 0 Å². The quantitative estimate of drug-likeness (QED) is 0.503. The van der Waals surface area contributed by atoms with Gasteiger partial charge in [0.25, 0.3) is 0 Å². The summed E-state index contributed by atoms with van der Waals surface area (Å²) in [5.41, 5.74) is 4.67. The molecule has 1 aliphatic heterocycles. The third-order valence-corrected chi connectivity index (χ3v) is 4.53. The summed E-state index contributed by atoms with van der Waals surface area (Å²) in [6.45, 7) is 15.5. The van der Waals surface area contributed by atoms with E-state index in [0.29, 0.717) is 6.54 Å². The van der Waals surface area contributed by atoms with Gasteiger partial charge in [0, 0.05) is 12.2 Å². The van der Waals surface area contributed by atoms with E-state index < -0.39 is 0 Å². The van der Waals surface area contributed by atoms with Crippen LogP contribution in [0.2, 0.25) is 0 Å². The van der Waals surface area contributed by atoms with Gasteiger partial charge in [0.2, 0.25) is 0 Å². The molecule has 1 aromatic carbocycles. The van der Waals surface area contributed by atoms with Crippen molar-refractivity contribution in [3.05, 3.63) is 65.8 Å². The molecule has 0 aliphatic carbocycles. The Balaban J connectivity index is 0.00000151. The summed E-state index contributed by atoms with van der Waals surface area (Å²) < 4.78 is 0. The number of aryl methyl sites for hydroxylation is 1. The number of ketones is 1. The maximum atomic E-state index is 12.6. The third-order valence-electron chi connectivity index (χ3n) is 4.53. The minimum Gasteiger partial charge on any atom is -0.360 e. The second kappa shape index (κ2) is 10.7. The molecule has 0 amide bonds. The van der Waals surface area contributed by atoms with Crippen LogP contribution in [0.1, 0.15) is 46.6 Å². The largest absolute Gasteiger partial charge is 0.360 e. The Bertz CT molecular complexity index is 622. The first-order valence-corrected chi connectivity index (χ1v) is 9.46. The topological polar surface area (TPSA) is 20.3 Å². The summed E-state index contributed by atoms with van der Waals surface area (Å²) in [7, 11) is 0. The second-order valence-corrected chi connectivity index (χ2v) is 6.05. The van der Waals surface area contributed by atoms with Gasteiger partial charge in [-0.15, -0.1) is 0 Å². The number of carbonyl (C=O) groups excluding carboxylic acids is 1. The summed E-state index contributed by atoms with van der Waals surface area (Å²) in [4.78, 5) is 14.8. The zero-order chi connectivity index (χ0) is 18.8. The normalized spacial score (nSPS) is 19.1. The number of hydrogen-bond acceptors (Lipinski definition) is 2. The molecule has 1 unspecified atom stereocenters. The van der Waals surface area contributed by atoms with Crippen molar-refractivity contribution < 1.29 is 4.79 Å². The molecule has 0 radical (unpaired) electrons. The van der Waals surface area contributed by atoms with Gasteiger partial charge < -0.3 is 4.90 Å². The summed E-state index contributed by atoms with van der Waals surface area (Å²) >= 11 is 0. The highest BCUT2D eigenvalue weighted by molar-refractivity contribution is 5.91. The smallest absolute Gasteiger partial charge is 0.163 e. The summed E-state index contributed by atoms with van der Waals surface area (Å²) in [5, 5.41) is 0. The maximum absolute atomic E-state index is 12.6. The van der Waals surface area contributed by atoms with Crippen molar-refractivity contribution in [2.24, 2.45) is 5.92 Å². The molecule has 1 aromatic rings. The SMILES string of the molecule is C=C(C=CC1C(=O)CN(c2ccc(CC)cc2)C/C1=C/C)CC.CC. The highest BCUT2D eigenvalue weighted by Gasteiger charge is 2.29. The van der Waals surface area contributed by atoms with Crippen molar-refractivity contribution >= 4 is 11.5 Å². The Morgan fingerprint density at radius 2 is 1.84 bits per heavy atom. The van der Waals surface area contributed by atoms with Gasteiger partial charge in [-0.25, -0.2) is 0 Å². The number of piperidine rings is 1. The highest BCUT2D eigenvalue weighted by Crippen LogP contribution is 2.27. The molecule has 1 aliphatic rings. The summed E-state index contributed by atoms with van der Waals surface area (Å²) in [6.07, 6.45) is 8.04. The molecule has 2 heteroatoms. The number of allylic oxidation sites excluding steroid dienone is 4. The van der Waals surface area contributed by atoms with Crippen molar-refractivity contribution in [1.82, 2.24) is 0 Å². The molecule has 136 valence electrons. The number of rotatable bonds is 5. The first-order valence-electron chi connectivity index (χ1n) is 9.46. The lowest BCUT2D eigenvalue weighted by molar-refractivity contribution is -0.119. The molecule has 1 saturated heterocycles. The molecule has 0 N–H and O–H groups in total. The predicted octanol–water partition coefficient (Wildman–Crippen LogP) is 5.75. The molecule has 0 bridgehead atoms. The summed E-state index contributed by atoms with van der Waals surface area (Å²) in [6, 6.07) is 8.53. The molecule has 0 aromatic heterocycles. The van der Waals surface area contributed by atoms with E-state index in [1.54, 1.807) is 0 Å². The minimum atomic E-state index is -0.102. The predicted molar refractivity (Wildman–Crippen MR) is 110 cm³/mol. The fourth-order valence-electron chi connectivity index (χ4n) is 2.84. The number of Topliss-reactive ketones (excluding diaryl/α,β-unsaturated/α-hetero) is 1. The van der Waals surface area contributed by atoms with E-state index in [1.165, 1.54) is 11.1 Å². The molecule has 1 atom stereocenters. The van der Waals surface area contributed by atoms with Gasteiger partial charge in [-0.2, -0.15) is 0 Å². The molecule has 0 saturated carbocycles. The van der Waals surface area contributed by atoms with Crippen LogP contribution >= 0.6 is 0 Å². The van der Waals surface area contributed by atoms with Crippen LogP contribution in [0.25, 0.3) is 0 Å². The highest BCUT2D eigenvalue weighted by atomic mass is 16.1. The van der Waals surface area contributed by atoms with Gasteiger partial charge in [0.1, 0.15) is 0 Å². The molecular formula is C23H33NO. The van der Waals surface area contributed by atoms with E-state index in [2.05, 4.69) is 55.7 Å². The number of benzene rings is 1. The van der Waals surface area contributed by atoms with Gasteiger partial charge in [-0.3, -0.25) is 4.79 Å². The molecule has 1 fully saturated rings. The monoisotopic (exact) mass is 339 g/mol. The average molecular weight is 340 g/mol. The Morgan fingerprint density at radius 1 is 1.20 bits per heavy atom. The number of anilines is 1. The van der Waals surface area contributed by atoms with Gasteiger partial charge >= 0.3 is 0 Å². The van der Waals surface area contributed by atoms with Gasteiger partial charge in [0.15, 0.2) is 5.78 Å². The van der Waals surface area contributed by atoms with Crippen molar-refractivity contribution in [2.45, 2.75) is 47.5 Å². The van der Waals surface area contributed by atoms with Crippen LogP contribution in [0, 0.1) is 5.92 Å². The third kappa shape index (κ3) is 5.74. The minimum absolute atomic E-state index is 0.102. The molecule has 1 heterocycles. The number of nitrogens with zero attached hydrogens (tertiary/aromatic N) is 1. The molecule has 2 rings (SSSR count). The van der Waals surface area contributed by atoms with E-state index in [0.717, 1.165) is 30.6 Å². The zero-order valence-electron chi connectivity index (χ0n) is 16.5. The lowest BCUT2D eigenvalue weighted by Gasteiger charge is -2.33. The van der Waals surface area contributed by atoms with E-state index in [4.69, 9.17) is 0 Å². The van der Waals surface area contributed by atoms with E-state index in [1.807, 2.05) is 32.9 Å². The van der Waals surface area contributed by atoms with Crippen LogP contribution in [0.4, 0.5) is 5.69 Å². The fourth-order valence-corrected chi connectivity index (χ4v) is 2.84. The van der Waals surface area contributed by atoms with Crippen LogP contribution in [0.15, 0.2) is 60.2 Å². The lowest BCUT2D eigenvalue weighted by Crippen LogP contribution is -2.42. The van der Waals surface area contributed by atoms with Crippen molar-refractivity contribution in [3.63, 3.8) is 0 Å². The molecule has 25 heavy (non-hydrogen) atoms. The van der Waals surface area contributed by atoms with Gasteiger partial charge in [-0.05, 0) is 43.0 Å². The van der Waals surface area contributed by atoms with Crippen LogP contribution in [-0.4, -0.2) is 18.9 Å². The van der Waals surface area contributed by atoms with Crippen LogP contribution in [0.5, 0.6) is 0 Å². The van der Waals surface area contributed by atoms with E-state index in [-0.39, 0.29) is 11.7 Å². The Kier molecular flexibility index (Phi) is 8.98. The first kappa shape index (κ1) is 21.0. The summed E-state index contributed by atoms with van der Waals surface area (Å²) in [5.74, 6) is 0.151. The van der Waals surface area contributed by atoms with Crippen molar-refractivity contribution in [1.29, 1.82) is 0 Å². The Morgan fingerprint density at radius 3 is 2.36 bits per heavy atom. The number of hydrogen-bond donors (Lipinski definition) is 0. The molecular weight excluding hydrogens is 306 g/mol. The Labute approximate surface area is 153 Å². The van der Waals surface area contributed by atoms with E-state index in [9.17, 15) is 4.79 Å².